The first kappa shape index (κ1) is 21.5. The Kier molecular flexibility index (Phi) is 6.08. The molecule has 0 saturated carbocycles. The number of ether oxygens (including phenoxy) is 2. The number of esters is 1. The maximum absolute atomic E-state index is 13.4. The van der Waals surface area contributed by atoms with Gasteiger partial charge in [-0.25, -0.2) is 12.9 Å². The number of fused-ring (bicyclic) bond motifs is 1. The molecule has 3 heterocycles. The average Bonchev–Trinajstić information content (AvgIpc) is 3.20. The van der Waals surface area contributed by atoms with E-state index in [1.807, 2.05) is 18.2 Å². The van der Waals surface area contributed by atoms with Crippen LogP contribution < -0.4 is 0 Å². The molecule has 0 amide bonds. The zero-order chi connectivity index (χ0) is 22.0. The van der Waals surface area contributed by atoms with Crippen LogP contribution in [0.15, 0.2) is 53.7 Å². The van der Waals surface area contributed by atoms with Gasteiger partial charge in [0, 0.05) is 37.5 Å². The van der Waals surface area contributed by atoms with E-state index >= 15 is 0 Å². The summed E-state index contributed by atoms with van der Waals surface area (Å²) >= 11 is 0. The predicted molar refractivity (Wildman–Crippen MR) is 115 cm³/mol. The SMILES string of the molecule is COC(=O)Cc1cnn2ccc(-c3ccccc3S(=O)(=O)N3CCC(OC)CC3)cc12. The molecule has 164 valence electrons. The highest BCUT2D eigenvalue weighted by molar-refractivity contribution is 7.89. The van der Waals surface area contributed by atoms with E-state index in [9.17, 15) is 13.2 Å². The van der Waals surface area contributed by atoms with Crippen LogP contribution in [0.2, 0.25) is 0 Å². The lowest BCUT2D eigenvalue weighted by atomic mass is 10.1. The topological polar surface area (TPSA) is 90.2 Å². The Morgan fingerprint density at radius 1 is 1.16 bits per heavy atom. The molecular weight excluding hydrogens is 418 g/mol. The van der Waals surface area contributed by atoms with Gasteiger partial charge in [-0.15, -0.1) is 0 Å². The molecule has 1 fully saturated rings. The van der Waals surface area contributed by atoms with Crippen LogP contribution in [0.25, 0.3) is 16.6 Å². The summed E-state index contributed by atoms with van der Waals surface area (Å²) in [5.41, 5.74) is 2.81. The summed E-state index contributed by atoms with van der Waals surface area (Å²) in [6, 6.07) is 10.7. The number of piperidine rings is 1. The van der Waals surface area contributed by atoms with Crippen molar-refractivity contribution in [1.29, 1.82) is 0 Å². The standard InChI is InChI=1S/C22H25N3O5S/c1-29-18-8-10-24(11-9-18)31(27,28)21-6-4-3-5-19(21)16-7-12-25-20(13-16)17(15-23-25)14-22(26)30-2/h3-7,12-13,15,18H,8-11,14H2,1-2H3. The van der Waals surface area contributed by atoms with Crippen molar-refractivity contribution in [3.63, 3.8) is 0 Å². The molecule has 0 unspecified atom stereocenters. The van der Waals surface area contributed by atoms with Crippen molar-refractivity contribution in [2.45, 2.75) is 30.3 Å². The molecule has 31 heavy (non-hydrogen) atoms. The van der Waals surface area contributed by atoms with Gasteiger partial charge in [-0.3, -0.25) is 4.79 Å². The van der Waals surface area contributed by atoms with Gasteiger partial charge in [0.2, 0.25) is 10.0 Å². The summed E-state index contributed by atoms with van der Waals surface area (Å²) in [4.78, 5) is 12.0. The van der Waals surface area contributed by atoms with Crippen LogP contribution >= 0.6 is 0 Å². The fourth-order valence-electron chi connectivity index (χ4n) is 3.94. The highest BCUT2D eigenvalue weighted by Crippen LogP contribution is 2.32. The van der Waals surface area contributed by atoms with Crippen LogP contribution in [0.1, 0.15) is 18.4 Å². The van der Waals surface area contributed by atoms with Gasteiger partial charge in [0.05, 0.1) is 36.2 Å². The molecule has 1 aliphatic rings. The van der Waals surface area contributed by atoms with Gasteiger partial charge in [0.1, 0.15) is 0 Å². The first-order valence-corrected chi connectivity index (χ1v) is 11.5. The molecule has 1 saturated heterocycles. The molecule has 8 nitrogen and oxygen atoms in total. The van der Waals surface area contributed by atoms with Crippen LogP contribution in [0, 0.1) is 0 Å². The lowest BCUT2D eigenvalue weighted by molar-refractivity contribution is -0.139. The first-order valence-electron chi connectivity index (χ1n) is 10.1. The van der Waals surface area contributed by atoms with Gasteiger partial charge in [0.25, 0.3) is 0 Å². The molecule has 0 radical (unpaired) electrons. The summed E-state index contributed by atoms with van der Waals surface area (Å²) in [5, 5.41) is 4.27. The number of carbonyl (C=O) groups excluding carboxylic acids is 1. The van der Waals surface area contributed by atoms with Crippen LogP contribution in [0.3, 0.4) is 0 Å². The second-order valence-corrected chi connectivity index (χ2v) is 9.41. The summed E-state index contributed by atoms with van der Waals surface area (Å²) < 4.78 is 40.2. The number of nitrogens with zero attached hydrogens (tertiary/aromatic N) is 3. The maximum Gasteiger partial charge on any atom is 0.310 e. The number of carbonyl (C=O) groups is 1. The Labute approximate surface area is 181 Å². The Morgan fingerprint density at radius 3 is 2.61 bits per heavy atom. The minimum Gasteiger partial charge on any atom is -0.469 e. The van der Waals surface area contributed by atoms with E-state index in [2.05, 4.69) is 5.10 Å². The fraction of sp³-hybridized carbons (Fsp3) is 0.364. The zero-order valence-corrected chi connectivity index (χ0v) is 18.3. The molecule has 3 aromatic rings. The molecule has 1 aliphatic heterocycles. The van der Waals surface area contributed by atoms with Gasteiger partial charge in [0.15, 0.2) is 0 Å². The van der Waals surface area contributed by atoms with Gasteiger partial charge in [-0.2, -0.15) is 9.40 Å². The maximum atomic E-state index is 13.4. The van der Waals surface area contributed by atoms with Gasteiger partial charge in [-0.1, -0.05) is 18.2 Å². The van der Waals surface area contributed by atoms with E-state index in [-0.39, 0.29) is 23.4 Å². The van der Waals surface area contributed by atoms with E-state index in [4.69, 9.17) is 9.47 Å². The second-order valence-electron chi connectivity index (χ2n) is 7.50. The van der Waals surface area contributed by atoms with Crippen molar-refractivity contribution in [2.75, 3.05) is 27.3 Å². The summed E-state index contributed by atoms with van der Waals surface area (Å²) in [6.45, 7) is 0.861. The summed E-state index contributed by atoms with van der Waals surface area (Å²) in [7, 11) is -0.663. The molecule has 0 aliphatic carbocycles. The number of benzene rings is 1. The molecular formula is C22H25N3O5S. The Morgan fingerprint density at radius 2 is 1.90 bits per heavy atom. The Hall–Kier alpha value is -2.75. The number of sulfonamides is 1. The second kappa shape index (κ2) is 8.78. The van der Waals surface area contributed by atoms with Crippen molar-refractivity contribution >= 4 is 21.5 Å². The van der Waals surface area contributed by atoms with E-state index in [1.54, 1.807) is 42.2 Å². The molecule has 0 bridgehead atoms. The predicted octanol–water partition coefficient (Wildman–Crippen LogP) is 2.52. The quantitative estimate of drug-likeness (QED) is 0.544. The lowest BCUT2D eigenvalue weighted by Crippen LogP contribution is -2.40. The third-order valence-corrected chi connectivity index (χ3v) is 7.67. The Bertz CT molecular complexity index is 1200. The zero-order valence-electron chi connectivity index (χ0n) is 17.5. The fourth-order valence-corrected chi connectivity index (χ4v) is 5.62. The minimum atomic E-state index is -3.66. The number of methoxy groups -OCH3 is 2. The lowest BCUT2D eigenvalue weighted by Gasteiger charge is -2.31. The van der Waals surface area contributed by atoms with Crippen molar-refractivity contribution < 1.29 is 22.7 Å². The largest absolute Gasteiger partial charge is 0.469 e. The van der Waals surface area contributed by atoms with Crippen LogP contribution in [0.4, 0.5) is 0 Å². The summed E-state index contributed by atoms with van der Waals surface area (Å²) in [5.74, 6) is -0.359. The highest BCUT2D eigenvalue weighted by Gasteiger charge is 2.31. The molecule has 0 atom stereocenters. The first-order chi connectivity index (χ1) is 14.9. The normalized spacial score (nSPS) is 15.9. The van der Waals surface area contributed by atoms with Crippen molar-refractivity contribution in [2.24, 2.45) is 0 Å². The van der Waals surface area contributed by atoms with E-state index in [0.29, 0.717) is 31.5 Å². The van der Waals surface area contributed by atoms with Crippen LogP contribution in [-0.2, 0) is 30.7 Å². The van der Waals surface area contributed by atoms with Gasteiger partial charge in [-0.05, 0) is 36.6 Å². The Balaban J connectivity index is 1.72. The van der Waals surface area contributed by atoms with E-state index in [0.717, 1.165) is 16.6 Å². The number of pyridine rings is 1. The molecule has 1 aromatic carbocycles. The van der Waals surface area contributed by atoms with Crippen molar-refractivity contribution in [1.82, 2.24) is 13.9 Å². The highest BCUT2D eigenvalue weighted by atomic mass is 32.2. The number of hydrogen-bond donors (Lipinski definition) is 0. The average molecular weight is 444 g/mol. The van der Waals surface area contributed by atoms with Gasteiger partial charge < -0.3 is 9.47 Å². The van der Waals surface area contributed by atoms with Crippen molar-refractivity contribution in [3.05, 3.63) is 54.4 Å². The molecule has 2 aromatic heterocycles. The number of aromatic nitrogens is 2. The minimum absolute atomic E-state index is 0.0951. The molecule has 0 N–H and O–H groups in total. The third-order valence-electron chi connectivity index (χ3n) is 5.71. The van der Waals surface area contributed by atoms with Crippen LogP contribution in [0.5, 0.6) is 0 Å². The molecule has 9 heteroatoms. The molecule has 4 rings (SSSR count). The molecule has 0 spiro atoms. The van der Waals surface area contributed by atoms with Gasteiger partial charge >= 0.3 is 5.97 Å². The van der Waals surface area contributed by atoms with Crippen LogP contribution in [-0.4, -0.2) is 61.7 Å². The van der Waals surface area contributed by atoms with Crippen molar-refractivity contribution in [3.8, 4) is 11.1 Å². The third kappa shape index (κ3) is 4.21. The smallest absolute Gasteiger partial charge is 0.310 e. The monoisotopic (exact) mass is 443 g/mol. The summed E-state index contributed by atoms with van der Waals surface area (Å²) in [6.07, 6.45) is 4.93. The number of hydrogen-bond acceptors (Lipinski definition) is 6. The van der Waals surface area contributed by atoms with E-state index < -0.39 is 10.0 Å². The number of rotatable bonds is 6. The van der Waals surface area contributed by atoms with E-state index in [1.165, 1.54) is 11.4 Å².